The summed E-state index contributed by atoms with van der Waals surface area (Å²) in [4.78, 5) is 0. The van der Waals surface area contributed by atoms with E-state index in [2.05, 4.69) is 32.0 Å². The van der Waals surface area contributed by atoms with Crippen LogP contribution < -0.4 is 0 Å². The minimum Gasteiger partial charge on any atom is -0.251 e. The first-order chi connectivity index (χ1) is 7.20. The van der Waals surface area contributed by atoms with Crippen LogP contribution in [0.25, 0.3) is 0 Å². The molecular formula is C13H31NS. The van der Waals surface area contributed by atoms with Crippen LogP contribution in [0.2, 0.25) is 0 Å². The standard InChI is InChI=1S/C11H25NS.C2H6/c1-5-7-9-12(8-6-2)13-10-11(3)4;1-2/h11H,5-10H2,1-4H3;1-2H3. The molecular weight excluding hydrogens is 202 g/mol. The molecule has 0 saturated heterocycles. The number of hydrogen-bond acceptors (Lipinski definition) is 2. The molecule has 0 unspecified atom stereocenters. The summed E-state index contributed by atoms with van der Waals surface area (Å²) in [6.07, 6.45) is 3.92. The van der Waals surface area contributed by atoms with Crippen LogP contribution in [0, 0.1) is 5.92 Å². The molecule has 0 aliphatic rings. The van der Waals surface area contributed by atoms with E-state index in [1.54, 1.807) is 0 Å². The summed E-state index contributed by atoms with van der Waals surface area (Å²) in [5, 5.41) is 0. The monoisotopic (exact) mass is 233 g/mol. The molecule has 2 heteroatoms. The van der Waals surface area contributed by atoms with Crippen LogP contribution in [0.5, 0.6) is 0 Å². The van der Waals surface area contributed by atoms with E-state index in [-0.39, 0.29) is 0 Å². The fraction of sp³-hybridized carbons (Fsp3) is 1.00. The molecule has 15 heavy (non-hydrogen) atoms. The number of rotatable bonds is 8. The lowest BCUT2D eigenvalue weighted by Crippen LogP contribution is -2.19. The highest BCUT2D eigenvalue weighted by Gasteiger charge is 2.04. The van der Waals surface area contributed by atoms with E-state index >= 15 is 0 Å². The van der Waals surface area contributed by atoms with Crippen molar-refractivity contribution in [2.24, 2.45) is 5.92 Å². The summed E-state index contributed by atoms with van der Waals surface area (Å²) < 4.78 is 2.53. The molecule has 0 aromatic carbocycles. The third-order valence-corrected chi connectivity index (χ3v) is 3.37. The lowest BCUT2D eigenvalue weighted by atomic mass is 10.3. The predicted octanol–water partition coefficient (Wildman–Crippen LogP) is 4.83. The van der Waals surface area contributed by atoms with Crippen LogP contribution in [0.3, 0.4) is 0 Å². The van der Waals surface area contributed by atoms with Gasteiger partial charge in [-0.3, -0.25) is 4.31 Å². The van der Waals surface area contributed by atoms with Gasteiger partial charge in [-0.1, -0.05) is 59.9 Å². The first-order valence-electron chi connectivity index (χ1n) is 6.58. The predicted molar refractivity (Wildman–Crippen MR) is 75.4 cm³/mol. The van der Waals surface area contributed by atoms with Crippen LogP contribution in [0.4, 0.5) is 0 Å². The molecule has 0 aliphatic heterocycles. The third kappa shape index (κ3) is 14.3. The molecule has 0 aromatic rings. The van der Waals surface area contributed by atoms with E-state index < -0.39 is 0 Å². The van der Waals surface area contributed by atoms with Crippen molar-refractivity contribution in [1.82, 2.24) is 4.31 Å². The average molecular weight is 233 g/mol. The summed E-state index contributed by atoms with van der Waals surface area (Å²) in [5.41, 5.74) is 0. The molecule has 0 aromatic heterocycles. The fourth-order valence-electron chi connectivity index (χ4n) is 1.08. The van der Waals surface area contributed by atoms with Gasteiger partial charge in [0.15, 0.2) is 0 Å². The zero-order valence-corrected chi connectivity index (χ0v) is 12.5. The van der Waals surface area contributed by atoms with Gasteiger partial charge in [0.05, 0.1) is 0 Å². The van der Waals surface area contributed by atoms with Gasteiger partial charge in [0.2, 0.25) is 0 Å². The van der Waals surface area contributed by atoms with Crippen LogP contribution in [0.15, 0.2) is 0 Å². The lowest BCUT2D eigenvalue weighted by Gasteiger charge is -2.20. The van der Waals surface area contributed by atoms with E-state index in [1.807, 2.05) is 25.8 Å². The van der Waals surface area contributed by atoms with Crippen molar-refractivity contribution in [2.45, 2.75) is 60.8 Å². The fourth-order valence-corrected chi connectivity index (χ4v) is 2.16. The second-order valence-corrected chi connectivity index (χ2v) is 5.08. The van der Waals surface area contributed by atoms with Gasteiger partial charge >= 0.3 is 0 Å². The van der Waals surface area contributed by atoms with Crippen molar-refractivity contribution in [3.8, 4) is 0 Å². The third-order valence-electron chi connectivity index (χ3n) is 1.82. The van der Waals surface area contributed by atoms with Crippen LogP contribution in [0.1, 0.15) is 60.8 Å². The van der Waals surface area contributed by atoms with Gasteiger partial charge < -0.3 is 0 Å². The maximum absolute atomic E-state index is 2.53. The van der Waals surface area contributed by atoms with Crippen LogP contribution in [-0.2, 0) is 0 Å². The number of unbranched alkanes of at least 4 members (excludes halogenated alkanes) is 1. The molecule has 0 bridgehead atoms. The summed E-state index contributed by atoms with van der Waals surface area (Å²) in [5.74, 6) is 2.08. The molecule has 94 valence electrons. The molecule has 0 rings (SSSR count). The summed E-state index contributed by atoms with van der Waals surface area (Å²) in [6.45, 7) is 15.6. The normalized spacial score (nSPS) is 10.4. The molecule has 0 aliphatic carbocycles. The maximum Gasteiger partial charge on any atom is 0.0104 e. The largest absolute Gasteiger partial charge is 0.251 e. The van der Waals surface area contributed by atoms with Gasteiger partial charge in [0, 0.05) is 18.8 Å². The zero-order chi connectivity index (χ0) is 12.1. The highest BCUT2D eigenvalue weighted by Crippen LogP contribution is 2.15. The molecule has 0 heterocycles. The molecule has 0 atom stereocenters. The van der Waals surface area contributed by atoms with Crippen molar-refractivity contribution < 1.29 is 0 Å². The maximum atomic E-state index is 2.53. The molecule has 0 radical (unpaired) electrons. The molecule has 0 saturated carbocycles. The first-order valence-corrected chi connectivity index (χ1v) is 7.52. The first kappa shape index (κ1) is 17.7. The van der Waals surface area contributed by atoms with Crippen molar-refractivity contribution >= 4 is 11.9 Å². The van der Waals surface area contributed by atoms with Gasteiger partial charge in [-0.05, 0) is 18.8 Å². The molecule has 1 nitrogen and oxygen atoms in total. The van der Waals surface area contributed by atoms with E-state index in [0.29, 0.717) is 0 Å². The second kappa shape index (κ2) is 14.3. The summed E-state index contributed by atoms with van der Waals surface area (Å²) >= 11 is 2.03. The minimum atomic E-state index is 0.811. The Morgan fingerprint density at radius 1 is 1.00 bits per heavy atom. The van der Waals surface area contributed by atoms with Crippen LogP contribution in [-0.4, -0.2) is 23.1 Å². The Hall–Kier alpha value is 0.310. The second-order valence-electron chi connectivity index (χ2n) is 3.97. The van der Waals surface area contributed by atoms with E-state index in [9.17, 15) is 0 Å². The average Bonchev–Trinajstić information content (AvgIpc) is 2.25. The molecule has 0 spiro atoms. The van der Waals surface area contributed by atoms with Gasteiger partial charge in [-0.25, -0.2) is 0 Å². The lowest BCUT2D eigenvalue weighted by molar-refractivity contribution is 0.453. The molecule has 0 N–H and O–H groups in total. The van der Waals surface area contributed by atoms with Gasteiger partial charge in [0.25, 0.3) is 0 Å². The zero-order valence-electron chi connectivity index (χ0n) is 11.7. The van der Waals surface area contributed by atoms with Crippen LogP contribution >= 0.6 is 11.9 Å². The van der Waals surface area contributed by atoms with Gasteiger partial charge in [-0.2, -0.15) is 0 Å². The minimum absolute atomic E-state index is 0.811. The van der Waals surface area contributed by atoms with Crippen molar-refractivity contribution in [1.29, 1.82) is 0 Å². The van der Waals surface area contributed by atoms with Crippen molar-refractivity contribution in [3.05, 3.63) is 0 Å². The Kier molecular flexibility index (Phi) is 16.9. The highest BCUT2D eigenvalue weighted by atomic mass is 32.2. The smallest absolute Gasteiger partial charge is 0.0104 e. The summed E-state index contributed by atoms with van der Waals surface area (Å²) in [6, 6.07) is 0. The topological polar surface area (TPSA) is 3.24 Å². The Bertz CT molecular complexity index is 105. The quantitative estimate of drug-likeness (QED) is 0.552. The SMILES string of the molecule is CC.CCCCN(CCC)SCC(C)C. The highest BCUT2D eigenvalue weighted by molar-refractivity contribution is 7.97. The summed E-state index contributed by atoms with van der Waals surface area (Å²) in [7, 11) is 0. The van der Waals surface area contributed by atoms with Crippen molar-refractivity contribution in [2.75, 3.05) is 18.8 Å². The van der Waals surface area contributed by atoms with E-state index in [0.717, 1.165) is 5.92 Å². The van der Waals surface area contributed by atoms with Gasteiger partial charge in [0.1, 0.15) is 0 Å². The Morgan fingerprint density at radius 3 is 2.00 bits per heavy atom. The Balaban J connectivity index is 0. The van der Waals surface area contributed by atoms with Crippen molar-refractivity contribution in [3.63, 3.8) is 0 Å². The van der Waals surface area contributed by atoms with E-state index in [4.69, 9.17) is 0 Å². The Labute approximate surface area is 102 Å². The number of hydrogen-bond donors (Lipinski definition) is 0. The van der Waals surface area contributed by atoms with E-state index in [1.165, 1.54) is 38.1 Å². The molecule has 0 amide bonds. The Morgan fingerprint density at radius 2 is 1.60 bits per heavy atom. The molecule has 0 fully saturated rings. The number of nitrogens with zero attached hydrogens (tertiary/aromatic N) is 1. The van der Waals surface area contributed by atoms with Gasteiger partial charge in [-0.15, -0.1) is 0 Å².